The number of anilines is 1. The van der Waals surface area contributed by atoms with E-state index in [9.17, 15) is 9.90 Å². The number of likely N-dealkylation sites (tertiary alicyclic amines) is 1. The summed E-state index contributed by atoms with van der Waals surface area (Å²) < 4.78 is 1.67. The maximum atomic E-state index is 11.7. The maximum absolute atomic E-state index is 11.7. The van der Waals surface area contributed by atoms with Gasteiger partial charge < -0.3 is 15.7 Å². The van der Waals surface area contributed by atoms with Crippen LogP contribution in [0.4, 0.5) is 5.69 Å². The van der Waals surface area contributed by atoms with Crippen molar-refractivity contribution in [2.24, 2.45) is 0 Å². The third kappa shape index (κ3) is 5.52. The minimum atomic E-state index is 0. The molecule has 0 unspecified atom stereocenters. The summed E-state index contributed by atoms with van der Waals surface area (Å²) in [6, 6.07) is 3.90. The number of aryl methyl sites for hydroxylation is 2. The molecule has 0 bridgehead atoms. The van der Waals surface area contributed by atoms with Gasteiger partial charge in [-0.15, -0.1) is 0 Å². The Morgan fingerprint density at radius 3 is 2.27 bits per heavy atom. The number of amides is 1. The molecule has 3 N–H and O–H groups in total. The fourth-order valence-electron chi connectivity index (χ4n) is 4.23. The molecule has 2 aromatic rings. The van der Waals surface area contributed by atoms with Crippen LogP contribution in [0.1, 0.15) is 62.4 Å². The molecule has 1 saturated carbocycles. The van der Waals surface area contributed by atoms with Gasteiger partial charge >= 0.3 is 0 Å². The topological polar surface area (TPSA) is 79.5 Å². The monoisotopic (exact) mass is 575 g/mol. The van der Waals surface area contributed by atoms with Crippen molar-refractivity contribution in [3.05, 3.63) is 67.4 Å². The highest BCUT2D eigenvalue weighted by molar-refractivity contribution is 9.11. The van der Waals surface area contributed by atoms with Crippen LogP contribution in [-0.2, 0) is 17.6 Å². The van der Waals surface area contributed by atoms with Crippen molar-refractivity contribution >= 4 is 49.0 Å². The quantitative estimate of drug-likeness (QED) is 0.216. The van der Waals surface area contributed by atoms with E-state index in [4.69, 9.17) is 10.7 Å². The average Bonchev–Trinajstić information content (AvgIpc) is 3.57. The first-order valence-electron chi connectivity index (χ1n) is 10.9. The second kappa shape index (κ2) is 10.4. The molecule has 176 valence electrons. The van der Waals surface area contributed by atoms with Crippen LogP contribution in [0.3, 0.4) is 0 Å². The van der Waals surface area contributed by atoms with Crippen molar-refractivity contribution in [3.63, 3.8) is 0 Å². The first-order chi connectivity index (χ1) is 15.3. The minimum Gasteiger partial charge on any atom is -0.506 e. The fourth-order valence-corrected chi connectivity index (χ4v) is 5.26. The van der Waals surface area contributed by atoms with E-state index in [1.165, 1.54) is 29.6 Å². The number of nitrogen functional groups attached to an aromatic ring is 1. The third-order valence-electron chi connectivity index (χ3n) is 6.22. The van der Waals surface area contributed by atoms with Crippen LogP contribution < -0.4 is 5.73 Å². The van der Waals surface area contributed by atoms with Gasteiger partial charge in [-0.1, -0.05) is 25.2 Å². The van der Waals surface area contributed by atoms with Gasteiger partial charge in [0.25, 0.3) is 0 Å². The Hall–Kier alpha value is -2.12. The van der Waals surface area contributed by atoms with Crippen LogP contribution in [0.5, 0.6) is 5.75 Å². The highest BCUT2D eigenvalue weighted by atomic mass is 79.9. The molecule has 0 atom stereocenters. The molecule has 1 aromatic heterocycles. The van der Waals surface area contributed by atoms with Crippen LogP contribution in [0.25, 0.3) is 5.57 Å². The zero-order valence-electron chi connectivity index (χ0n) is 18.2. The Labute approximate surface area is 213 Å². The molecule has 1 amide bonds. The number of carbonyl (C=O) groups excluding carboxylic acids is 1. The second-order valence-corrected chi connectivity index (χ2v) is 10.3. The number of fused-ring (bicyclic) bond motifs is 2. The number of nitrogens with two attached hydrogens (primary N) is 1. The van der Waals surface area contributed by atoms with Crippen LogP contribution >= 0.6 is 31.9 Å². The number of hydrogen-bond donors (Lipinski definition) is 2. The molecule has 7 heteroatoms. The standard InChI is InChI=1S/C21H21Br2N3O2.C4H6.CH4/c1-11(27)26-6-4-12(5-7-26)18-17-13(9-16(28)20(24)19(17)23)2-3-14-8-15(22)10-25-21(14)18;1-4-2-3-4;/h8-10,28H,2-7,24H2,1H3;1-3H2;1H4. The number of benzene rings is 1. The van der Waals surface area contributed by atoms with Crippen LogP contribution in [0, 0.1) is 0 Å². The van der Waals surface area contributed by atoms with Gasteiger partial charge in [-0.2, -0.15) is 0 Å². The van der Waals surface area contributed by atoms with Crippen molar-refractivity contribution in [3.8, 4) is 5.75 Å². The molecule has 2 aliphatic carbocycles. The number of rotatable bonds is 0. The molecule has 0 radical (unpaired) electrons. The fraction of sp³-hybridized carbons (Fsp3) is 0.385. The van der Waals surface area contributed by atoms with Crippen molar-refractivity contribution in [2.45, 2.75) is 52.9 Å². The van der Waals surface area contributed by atoms with Crippen molar-refractivity contribution in [1.29, 1.82) is 0 Å². The number of nitrogens with zero attached hydrogens (tertiary/aromatic N) is 2. The molecule has 3 aliphatic rings. The number of aromatic hydroxyl groups is 1. The lowest BCUT2D eigenvalue weighted by molar-refractivity contribution is -0.129. The normalized spacial score (nSPS) is 16.6. The molecule has 2 heterocycles. The van der Waals surface area contributed by atoms with E-state index in [1.807, 2.05) is 11.1 Å². The van der Waals surface area contributed by atoms with Gasteiger partial charge in [0, 0.05) is 41.8 Å². The highest BCUT2D eigenvalue weighted by Crippen LogP contribution is 2.45. The lowest BCUT2D eigenvalue weighted by atomic mass is 9.88. The van der Waals surface area contributed by atoms with Gasteiger partial charge in [0.15, 0.2) is 0 Å². The smallest absolute Gasteiger partial charge is 0.219 e. The zero-order chi connectivity index (χ0) is 23.0. The Bertz CT molecular complexity index is 1120. The van der Waals surface area contributed by atoms with E-state index in [1.54, 1.807) is 13.0 Å². The number of hydrogen-bond acceptors (Lipinski definition) is 4. The second-order valence-electron chi connectivity index (χ2n) is 8.55. The Balaban J connectivity index is 0.000000555. The van der Waals surface area contributed by atoms with E-state index in [0.717, 1.165) is 57.0 Å². The minimum absolute atomic E-state index is 0. The van der Waals surface area contributed by atoms with Gasteiger partial charge in [-0.25, -0.2) is 0 Å². The first kappa shape index (κ1) is 25.5. The van der Waals surface area contributed by atoms with Gasteiger partial charge in [0.1, 0.15) is 5.75 Å². The van der Waals surface area contributed by atoms with Crippen molar-refractivity contribution < 1.29 is 9.90 Å². The van der Waals surface area contributed by atoms with Gasteiger partial charge in [-0.05, 0) is 93.6 Å². The van der Waals surface area contributed by atoms with Gasteiger partial charge in [0.05, 0.1) is 15.9 Å². The molecule has 33 heavy (non-hydrogen) atoms. The predicted octanol–water partition coefficient (Wildman–Crippen LogP) is 6.41. The zero-order valence-corrected chi connectivity index (χ0v) is 21.4. The third-order valence-corrected chi connectivity index (χ3v) is 7.47. The van der Waals surface area contributed by atoms with E-state index in [2.05, 4.69) is 44.5 Å². The number of piperidine rings is 1. The molecular weight excluding hydrogens is 546 g/mol. The summed E-state index contributed by atoms with van der Waals surface area (Å²) in [7, 11) is 0. The molecule has 1 aliphatic heterocycles. The maximum Gasteiger partial charge on any atom is 0.219 e. The summed E-state index contributed by atoms with van der Waals surface area (Å²) >= 11 is 7.18. The van der Waals surface area contributed by atoms with Crippen molar-refractivity contribution in [1.82, 2.24) is 9.88 Å². The highest BCUT2D eigenvalue weighted by Gasteiger charge is 2.29. The van der Waals surface area contributed by atoms with Crippen LogP contribution in [0.15, 0.2) is 45.0 Å². The lowest BCUT2D eigenvalue weighted by Gasteiger charge is -2.30. The number of halogens is 2. The van der Waals surface area contributed by atoms with E-state index < -0.39 is 0 Å². The van der Waals surface area contributed by atoms with Crippen LogP contribution in [-0.4, -0.2) is 34.0 Å². The number of aromatic nitrogens is 1. The predicted molar refractivity (Wildman–Crippen MR) is 142 cm³/mol. The molecule has 5 nitrogen and oxygen atoms in total. The molecule has 0 spiro atoms. The molecule has 2 fully saturated rings. The molecule has 1 aromatic carbocycles. The van der Waals surface area contributed by atoms with Gasteiger partial charge in [0.2, 0.25) is 5.91 Å². The van der Waals surface area contributed by atoms with Crippen molar-refractivity contribution in [2.75, 3.05) is 18.8 Å². The van der Waals surface area contributed by atoms with E-state index in [-0.39, 0.29) is 19.1 Å². The van der Waals surface area contributed by atoms with Crippen LogP contribution in [0.2, 0.25) is 0 Å². The summed E-state index contributed by atoms with van der Waals surface area (Å²) in [6.07, 6.45) is 7.65. The summed E-state index contributed by atoms with van der Waals surface area (Å²) in [5.74, 6) is 0.213. The Morgan fingerprint density at radius 1 is 1.09 bits per heavy atom. The van der Waals surface area contributed by atoms with Gasteiger partial charge in [-0.3, -0.25) is 9.78 Å². The Kier molecular flexibility index (Phi) is 8.06. The summed E-state index contributed by atoms with van der Waals surface area (Å²) in [5, 5.41) is 10.3. The molecular formula is C26H31Br2N3O2. The number of carbonyl (C=O) groups is 1. The Morgan fingerprint density at radius 2 is 1.70 bits per heavy atom. The number of phenolic OH excluding ortho intramolecular Hbond substituents is 1. The SMILES string of the molecule is C.C=C1CC1.CC(=O)N1CCC(=C2c3ncc(Br)cc3CCc3cc(O)c(N)c(Br)c32)CC1. The van der Waals surface area contributed by atoms with E-state index in [0.29, 0.717) is 18.8 Å². The van der Waals surface area contributed by atoms with E-state index >= 15 is 0 Å². The summed E-state index contributed by atoms with van der Waals surface area (Å²) in [6.45, 7) is 6.70. The summed E-state index contributed by atoms with van der Waals surface area (Å²) in [4.78, 5) is 18.4. The summed E-state index contributed by atoms with van der Waals surface area (Å²) in [5.41, 5.74) is 14.5. The lowest BCUT2D eigenvalue weighted by Crippen LogP contribution is -2.34. The molecule has 5 rings (SSSR count). The number of phenols is 1. The average molecular weight is 577 g/mol. The largest absolute Gasteiger partial charge is 0.506 e. The first-order valence-corrected chi connectivity index (χ1v) is 12.4. The molecule has 1 saturated heterocycles. The number of allylic oxidation sites excluding steroid dienone is 1. The number of pyridine rings is 1.